The van der Waals surface area contributed by atoms with E-state index in [0.717, 1.165) is 30.5 Å². The minimum atomic E-state index is -0.354. The lowest BCUT2D eigenvalue weighted by atomic mass is 10.2. The van der Waals surface area contributed by atoms with Crippen LogP contribution in [-0.4, -0.2) is 36.7 Å². The number of nitrogens with zero attached hydrogens (tertiary/aromatic N) is 5. The van der Waals surface area contributed by atoms with E-state index in [-0.39, 0.29) is 17.6 Å². The van der Waals surface area contributed by atoms with Crippen molar-refractivity contribution in [2.24, 2.45) is 0 Å². The Morgan fingerprint density at radius 1 is 1.00 bits per heavy atom. The first-order valence-corrected chi connectivity index (χ1v) is 12.0. The van der Waals surface area contributed by atoms with Crippen LogP contribution in [0.2, 0.25) is 0 Å². The molecule has 0 unspecified atom stereocenters. The molecule has 0 saturated heterocycles. The average molecular weight is 470 g/mol. The summed E-state index contributed by atoms with van der Waals surface area (Å²) in [6.45, 7) is 6.48. The summed E-state index contributed by atoms with van der Waals surface area (Å²) in [5, 5.41) is 0.434. The first-order valence-electron chi connectivity index (χ1n) is 12.0. The maximum absolute atomic E-state index is 13.6. The first-order chi connectivity index (χ1) is 17.0. The van der Waals surface area contributed by atoms with E-state index < -0.39 is 0 Å². The molecule has 3 heterocycles. The van der Waals surface area contributed by atoms with Crippen molar-refractivity contribution in [3.8, 4) is 5.69 Å². The van der Waals surface area contributed by atoms with Crippen LogP contribution in [0.25, 0.3) is 38.9 Å². The Kier molecular flexibility index (Phi) is 6.03. The van der Waals surface area contributed by atoms with Gasteiger partial charge in [0.1, 0.15) is 17.2 Å². The molecule has 35 heavy (non-hydrogen) atoms. The van der Waals surface area contributed by atoms with E-state index in [1.165, 1.54) is 0 Å². The fourth-order valence-electron chi connectivity index (χ4n) is 4.14. The molecule has 0 N–H and O–H groups in total. The lowest BCUT2D eigenvalue weighted by Crippen LogP contribution is -2.23. The van der Waals surface area contributed by atoms with Gasteiger partial charge in [0, 0.05) is 11.7 Å². The third kappa shape index (κ3) is 3.95. The maximum Gasteiger partial charge on any atom is 0.338 e. The zero-order valence-corrected chi connectivity index (χ0v) is 20.1. The number of para-hydroxylation sites is 2. The molecule has 0 fully saturated rings. The van der Waals surface area contributed by atoms with Gasteiger partial charge in [0.25, 0.3) is 5.56 Å². The van der Waals surface area contributed by atoms with Gasteiger partial charge in [-0.05, 0) is 56.2 Å². The largest absolute Gasteiger partial charge is 0.462 e. The van der Waals surface area contributed by atoms with Gasteiger partial charge >= 0.3 is 5.97 Å². The van der Waals surface area contributed by atoms with E-state index in [9.17, 15) is 9.59 Å². The van der Waals surface area contributed by atoms with E-state index in [1.54, 1.807) is 23.0 Å². The molecule has 0 aliphatic heterocycles. The van der Waals surface area contributed by atoms with Gasteiger partial charge < -0.3 is 4.74 Å². The molecular formula is C27H27N5O3. The van der Waals surface area contributed by atoms with Crippen molar-refractivity contribution in [3.05, 3.63) is 70.8 Å². The summed E-state index contributed by atoms with van der Waals surface area (Å²) in [7, 11) is 0. The third-order valence-corrected chi connectivity index (χ3v) is 6.35. The molecule has 2 aromatic carbocycles. The van der Waals surface area contributed by atoms with Crippen LogP contribution in [0.15, 0.2) is 59.7 Å². The molecule has 5 rings (SSSR count). The molecule has 5 aromatic rings. The highest BCUT2D eigenvalue weighted by Gasteiger charge is 2.22. The van der Waals surface area contributed by atoms with Gasteiger partial charge in [0.15, 0.2) is 11.3 Å². The van der Waals surface area contributed by atoms with Gasteiger partial charge in [-0.25, -0.2) is 19.7 Å². The van der Waals surface area contributed by atoms with E-state index in [1.807, 2.05) is 61.7 Å². The molecule has 0 radical (unpaired) electrons. The fraction of sp³-hybridized carbons (Fsp3) is 0.296. The standard InChI is InChI=1S/C27H27N5O3/c1-4-6-15-35-27(34)18-11-13-19(14-12-18)32-24-22(26(33)31(16-28-24)17(3)5-2)23-25(32)30-21-10-8-7-9-20(21)29-23/h7-14,16-17H,4-6,15H2,1-3H3/t17-/m0/s1. The van der Waals surface area contributed by atoms with E-state index >= 15 is 0 Å². The molecule has 8 heteroatoms. The summed E-state index contributed by atoms with van der Waals surface area (Å²) in [6, 6.07) is 14.6. The van der Waals surface area contributed by atoms with Gasteiger partial charge in [0.05, 0.1) is 23.2 Å². The van der Waals surface area contributed by atoms with Gasteiger partial charge in [-0.2, -0.15) is 0 Å². The Morgan fingerprint density at radius 3 is 2.40 bits per heavy atom. The smallest absolute Gasteiger partial charge is 0.338 e. The molecule has 0 aliphatic rings. The lowest BCUT2D eigenvalue weighted by molar-refractivity contribution is 0.0500. The summed E-state index contributed by atoms with van der Waals surface area (Å²) in [4.78, 5) is 40.3. The van der Waals surface area contributed by atoms with Crippen molar-refractivity contribution in [2.75, 3.05) is 6.61 Å². The van der Waals surface area contributed by atoms with Gasteiger partial charge in [-0.3, -0.25) is 13.9 Å². The second kappa shape index (κ2) is 9.29. The molecule has 0 saturated carbocycles. The Balaban J connectivity index is 1.72. The number of rotatable bonds is 7. The monoisotopic (exact) mass is 469 g/mol. The van der Waals surface area contributed by atoms with E-state index in [0.29, 0.717) is 39.9 Å². The molecule has 0 aliphatic carbocycles. The second-order valence-electron chi connectivity index (χ2n) is 8.67. The zero-order chi connectivity index (χ0) is 24.5. The highest BCUT2D eigenvalue weighted by atomic mass is 16.5. The van der Waals surface area contributed by atoms with Crippen LogP contribution in [0.4, 0.5) is 0 Å². The molecule has 0 spiro atoms. The highest BCUT2D eigenvalue weighted by Crippen LogP contribution is 2.29. The molecule has 178 valence electrons. The van der Waals surface area contributed by atoms with Crippen LogP contribution >= 0.6 is 0 Å². The Bertz CT molecular complexity index is 1600. The maximum atomic E-state index is 13.6. The number of carbonyl (C=O) groups excluding carboxylic acids is 1. The van der Waals surface area contributed by atoms with Gasteiger partial charge in [-0.15, -0.1) is 0 Å². The van der Waals surface area contributed by atoms with E-state index in [4.69, 9.17) is 14.7 Å². The number of unbranched alkanes of at least 4 members (excludes halogenated alkanes) is 1. The molecule has 0 bridgehead atoms. The SMILES string of the molecule is CCCCOC(=O)c1ccc(-n2c3nc4ccccc4nc3c3c(=O)n([C@@H](C)CC)cnc32)cc1. The van der Waals surface area contributed by atoms with Crippen molar-refractivity contribution in [2.45, 2.75) is 46.1 Å². The lowest BCUT2D eigenvalue weighted by Gasteiger charge is -2.12. The minimum absolute atomic E-state index is 0.00391. The predicted molar refractivity (Wildman–Crippen MR) is 136 cm³/mol. The summed E-state index contributed by atoms with van der Waals surface area (Å²) in [5.41, 5.74) is 4.03. The van der Waals surface area contributed by atoms with Crippen molar-refractivity contribution in [3.63, 3.8) is 0 Å². The van der Waals surface area contributed by atoms with Gasteiger partial charge in [0.2, 0.25) is 0 Å². The second-order valence-corrected chi connectivity index (χ2v) is 8.67. The number of esters is 1. The fourth-order valence-corrected chi connectivity index (χ4v) is 4.14. The normalized spacial score (nSPS) is 12.4. The summed E-state index contributed by atoms with van der Waals surface area (Å²) < 4.78 is 8.81. The average Bonchev–Trinajstić information content (AvgIpc) is 3.21. The summed E-state index contributed by atoms with van der Waals surface area (Å²) >= 11 is 0. The van der Waals surface area contributed by atoms with Crippen LogP contribution in [0.5, 0.6) is 0 Å². The number of hydrogen-bond acceptors (Lipinski definition) is 6. The van der Waals surface area contributed by atoms with Crippen molar-refractivity contribution in [1.29, 1.82) is 0 Å². The van der Waals surface area contributed by atoms with Crippen LogP contribution < -0.4 is 5.56 Å². The first kappa shape index (κ1) is 22.7. The molecule has 0 amide bonds. The van der Waals surface area contributed by atoms with Gasteiger partial charge in [-0.1, -0.05) is 32.4 Å². The Morgan fingerprint density at radius 2 is 1.71 bits per heavy atom. The minimum Gasteiger partial charge on any atom is -0.462 e. The van der Waals surface area contributed by atoms with Crippen LogP contribution in [0, 0.1) is 0 Å². The molecule has 3 aromatic heterocycles. The molecule has 8 nitrogen and oxygen atoms in total. The van der Waals surface area contributed by atoms with Crippen LogP contribution in [0.3, 0.4) is 0 Å². The summed E-state index contributed by atoms with van der Waals surface area (Å²) in [6.07, 6.45) is 4.18. The van der Waals surface area contributed by atoms with Crippen LogP contribution in [0.1, 0.15) is 56.4 Å². The number of carbonyl (C=O) groups is 1. The topological polar surface area (TPSA) is 91.9 Å². The summed E-state index contributed by atoms with van der Waals surface area (Å²) in [5.74, 6) is -0.354. The Labute approximate surface area is 202 Å². The van der Waals surface area contributed by atoms with Crippen LogP contribution in [-0.2, 0) is 4.74 Å². The zero-order valence-electron chi connectivity index (χ0n) is 20.1. The number of ether oxygens (including phenoxy) is 1. The number of benzene rings is 2. The number of fused-ring (bicyclic) bond motifs is 4. The number of hydrogen-bond donors (Lipinski definition) is 0. The van der Waals surface area contributed by atoms with Crippen molar-refractivity contribution in [1.82, 2.24) is 24.1 Å². The number of aromatic nitrogens is 5. The van der Waals surface area contributed by atoms with E-state index in [2.05, 4.69) is 4.98 Å². The van der Waals surface area contributed by atoms with Crippen molar-refractivity contribution < 1.29 is 9.53 Å². The Hall–Kier alpha value is -4.07. The van der Waals surface area contributed by atoms with Crippen molar-refractivity contribution >= 4 is 39.2 Å². The quantitative estimate of drug-likeness (QED) is 0.240. The molecule has 1 atom stereocenters. The third-order valence-electron chi connectivity index (χ3n) is 6.35. The molecular weight excluding hydrogens is 442 g/mol. The highest BCUT2D eigenvalue weighted by molar-refractivity contribution is 6.05. The predicted octanol–water partition coefficient (Wildman–Crippen LogP) is 5.21.